The zero-order valence-corrected chi connectivity index (χ0v) is 11.3. The Morgan fingerprint density at radius 2 is 2.14 bits per heavy atom. The van der Waals surface area contributed by atoms with Crippen LogP contribution in [-0.2, 0) is 6.54 Å². The van der Waals surface area contributed by atoms with Crippen molar-refractivity contribution in [1.29, 1.82) is 5.41 Å². The van der Waals surface area contributed by atoms with Crippen molar-refractivity contribution >= 4 is 16.9 Å². The first-order valence-electron chi connectivity index (χ1n) is 6.41. The van der Waals surface area contributed by atoms with Gasteiger partial charge in [0.1, 0.15) is 17.3 Å². The number of nitrogens with two attached hydrogens (primary N) is 1. The number of hydrazine groups is 1. The summed E-state index contributed by atoms with van der Waals surface area (Å²) in [6, 6.07) is 6.81. The lowest BCUT2D eigenvalue weighted by Crippen LogP contribution is -2.30. The lowest BCUT2D eigenvalue weighted by atomic mass is 10.2. The van der Waals surface area contributed by atoms with Crippen LogP contribution in [0, 0.1) is 17.0 Å². The van der Waals surface area contributed by atoms with Gasteiger partial charge in [0.05, 0.1) is 11.9 Å². The molecule has 0 fully saturated rings. The smallest absolute Gasteiger partial charge is 0.161 e. The van der Waals surface area contributed by atoms with Crippen molar-refractivity contribution in [2.24, 2.45) is 5.84 Å². The summed E-state index contributed by atoms with van der Waals surface area (Å²) in [6.07, 6.45) is 1.57. The molecule has 3 rings (SSSR count). The van der Waals surface area contributed by atoms with Gasteiger partial charge >= 0.3 is 0 Å². The maximum Gasteiger partial charge on any atom is 0.161 e. The highest BCUT2D eigenvalue weighted by molar-refractivity contribution is 6.05. The number of aromatic nitrogens is 3. The van der Waals surface area contributed by atoms with Gasteiger partial charge in [0.25, 0.3) is 0 Å². The van der Waals surface area contributed by atoms with E-state index in [2.05, 4.69) is 15.5 Å². The number of pyridine rings is 1. The van der Waals surface area contributed by atoms with Crippen LogP contribution in [0.15, 0.2) is 36.5 Å². The molecule has 4 N–H and O–H groups in total. The van der Waals surface area contributed by atoms with Gasteiger partial charge in [0.15, 0.2) is 11.5 Å². The standard InChI is InChI=1S/C14H12F2N6/c15-9-4-3-8(11(16)6-9)7-22-14-10(2-1-5-19-14)12(21-22)13(17)20-18/h1-6H,7,18H2,(H2,17,20). The number of hydrogen-bond donors (Lipinski definition) is 3. The van der Waals surface area contributed by atoms with Crippen molar-refractivity contribution in [2.45, 2.75) is 6.54 Å². The van der Waals surface area contributed by atoms with Gasteiger partial charge in [-0.05, 0) is 18.2 Å². The van der Waals surface area contributed by atoms with Crippen LogP contribution in [0.5, 0.6) is 0 Å². The summed E-state index contributed by atoms with van der Waals surface area (Å²) in [4.78, 5) is 4.20. The Bertz CT molecular complexity index is 858. The minimum atomic E-state index is -0.659. The number of fused-ring (bicyclic) bond motifs is 1. The molecule has 0 aliphatic heterocycles. The number of nitrogens with one attached hydrogen (secondary N) is 2. The fourth-order valence-corrected chi connectivity index (χ4v) is 2.18. The molecule has 0 spiro atoms. The van der Waals surface area contributed by atoms with Crippen LogP contribution in [-0.4, -0.2) is 20.6 Å². The van der Waals surface area contributed by atoms with Gasteiger partial charge in [-0.2, -0.15) is 5.10 Å². The summed E-state index contributed by atoms with van der Waals surface area (Å²) in [5.74, 6) is 3.88. The second-order valence-corrected chi connectivity index (χ2v) is 4.64. The third-order valence-corrected chi connectivity index (χ3v) is 3.22. The number of benzene rings is 1. The highest BCUT2D eigenvalue weighted by Crippen LogP contribution is 2.18. The SMILES string of the molecule is N=C(NN)c1nn(Cc2ccc(F)cc2F)c2ncccc12. The molecule has 2 aromatic heterocycles. The van der Waals surface area contributed by atoms with Crippen molar-refractivity contribution in [3.05, 3.63) is 59.4 Å². The van der Waals surface area contributed by atoms with Gasteiger partial charge in [0, 0.05) is 17.8 Å². The Morgan fingerprint density at radius 3 is 2.86 bits per heavy atom. The summed E-state index contributed by atoms with van der Waals surface area (Å²) in [6.45, 7) is 0.0669. The van der Waals surface area contributed by atoms with E-state index in [0.29, 0.717) is 16.7 Å². The molecular weight excluding hydrogens is 290 g/mol. The molecule has 0 aliphatic carbocycles. The molecule has 0 saturated heterocycles. The van der Waals surface area contributed by atoms with Crippen LogP contribution in [0.25, 0.3) is 11.0 Å². The minimum Gasteiger partial charge on any atom is -0.307 e. The van der Waals surface area contributed by atoms with E-state index >= 15 is 0 Å². The molecule has 0 unspecified atom stereocenters. The van der Waals surface area contributed by atoms with Gasteiger partial charge in [-0.3, -0.25) is 5.41 Å². The molecule has 0 aliphatic rings. The van der Waals surface area contributed by atoms with E-state index in [0.717, 1.165) is 6.07 Å². The van der Waals surface area contributed by atoms with Crippen molar-refractivity contribution in [3.63, 3.8) is 0 Å². The molecule has 1 aromatic carbocycles. The third-order valence-electron chi connectivity index (χ3n) is 3.22. The third kappa shape index (κ3) is 2.40. The summed E-state index contributed by atoms with van der Waals surface area (Å²) in [5, 5.41) is 12.6. The number of halogens is 2. The van der Waals surface area contributed by atoms with Crippen LogP contribution >= 0.6 is 0 Å². The molecule has 0 radical (unpaired) electrons. The highest BCUT2D eigenvalue weighted by Gasteiger charge is 2.16. The number of hydrogen-bond acceptors (Lipinski definition) is 4. The number of amidine groups is 1. The molecule has 0 bridgehead atoms. The van der Waals surface area contributed by atoms with E-state index < -0.39 is 11.6 Å². The van der Waals surface area contributed by atoms with Crippen molar-refractivity contribution in [2.75, 3.05) is 0 Å². The van der Waals surface area contributed by atoms with E-state index in [4.69, 9.17) is 11.3 Å². The quantitative estimate of drug-likeness (QED) is 0.296. The predicted octanol–water partition coefficient (Wildman–Crippen LogP) is 1.55. The first-order chi connectivity index (χ1) is 10.6. The highest BCUT2D eigenvalue weighted by atomic mass is 19.1. The van der Waals surface area contributed by atoms with E-state index in [1.54, 1.807) is 18.3 Å². The first-order valence-corrected chi connectivity index (χ1v) is 6.41. The Hall–Kier alpha value is -2.87. The van der Waals surface area contributed by atoms with Gasteiger partial charge in [0.2, 0.25) is 0 Å². The van der Waals surface area contributed by atoms with E-state index in [-0.39, 0.29) is 17.9 Å². The van der Waals surface area contributed by atoms with Crippen molar-refractivity contribution in [3.8, 4) is 0 Å². The monoisotopic (exact) mass is 302 g/mol. The molecule has 0 amide bonds. The summed E-state index contributed by atoms with van der Waals surface area (Å²) < 4.78 is 28.2. The van der Waals surface area contributed by atoms with Crippen molar-refractivity contribution < 1.29 is 8.78 Å². The van der Waals surface area contributed by atoms with Crippen LogP contribution in [0.4, 0.5) is 8.78 Å². The van der Waals surface area contributed by atoms with Gasteiger partial charge in [-0.25, -0.2) is 24.3 Å². The van der Waals surface area contributed by atoms with Crippen molar-refractivity contribution in [1.82, 2.24) is 20.2 Å². The Morgan fingerprint density at radius 1 is 1.32 bits per heavy atom. The molecular formula is C14H12F2N6. The Labute approximate surface area is 124 Å². The maximum absolute atomic E-state index is 13.8. The molecule has 112 valence electrons. The number of nitrogens with zero attached hydrogens (tertiary/aromatic N) is 3. The van der Waals surface area contributed by atoms with Gasteiger partial charge in [-0.1, -0.05) is 6.07 Å². The van der Waals surface area contributed by atoms with Crippen LogP contribution < -0.4 is 11.3 Å². The zero-order chi connectivity index (χ0) is 15.7. The fourth-order valence-electron chi connectivity index (χ4n) is 2.18. The second-order valence-electron chi connectivity index (χ2n) is 4.64. The topological polar surface area (TPSA) is 92.6 Å². The predicted molar refractivity (Wildman–Crippen MR) is 77.1 cm³/mol. The van der Waals surface area contributed by atoms with E-state index in [1.807, 2.05) is 0 Å². The first kappa shape index (κ1) is 14.1. The summed E-state index contributed by atoms with van der Waals surface area (Å²) >= 11 is 0. The summed E-state index contributed by atoms with van der Waals surface area (Å²) in [7, 11) is 0. The normalized spacial score (nSPS) is 10.9. The fraction of sp³-hybridized carbons (Fsp3) is 0.0714. The van der Waals surface area contributed by atoms with Crippen LogP contribution in [0.2, 0.25) is 0 Å². The molecule has 0 atom stereocenters. The summed E-state index contributed by atoms with van der Waals surface area (Å²) in [5.41, 5.74) is 3.30. The van der Waals surface area contributed by atoms with Gasteiger partial charge in [-0.15, -0.1) is 0 Å². The number of rotatable bonds is 3. The molecule has 2 heterocycles. The van der Waals surface area contributed by atoms with E-state index in [9.17, 15) is 8.78 Å². The zero-order valence-electron chi connectivity index (χ0n) is 11.3. The van der Waals surface area contributed by atoms with E-state index in [1.165, 1.54) is 16.8 Å². The largest absolute Gasteiger partial charge is 0.307 e. The Balaban J connectivity index is 2.09. The van der Waals surface area contributed by atoms with Gasteiger partial charge < -0.3 is 5.43 Å². The second kappa shape index (κ2) is 5.49. The average molecular weight is 302 g/mol. The lowest BCUT2D eigenvalue weighted by molar-refractivity contribution is 0.560. The average Bonchev–Trinajstić information content (AvgIpc) is 2.88. The van der Waals surface area contributed by atoms with Crippen LogP contribution in [0.1, 0.15) is 11.3 Å². The Kier molecular flexibility index (Phi) is 3.51. The molecule has 6 nitrogen and oxygen atoms in total. The molecule has 3 aromatic rings. The molecule has 22 heavy (non-hydrogen) atoms. The molecule has 8 heteroatoms. The molecule has 0 saturated carbocycles. The van der Waals surface area contributed by atoms with Crippen LogP contribution in [0.3, 0.4) is 0 Å². The maximum atomic E-state index is 13.8. The minimum absolute atomic E-state index is 0.0669. The lowest BCUT2D eigenvalue weighted by Gasteiger charge is -2.04.